The molecular formula is C13H17N3O. The van der Waals surface area contributed by atoms with Crippen molar-refractivity contribution in [1.29, 1.82) is 5.26 Å². The minimum absolute atomic E-state index is 0.0476. The number of nitriles is 1. The molecule has 0 saturated heterocycles. The molecule has 1 aromatic carbocycles. The third-order valence-corrected chi connectivity index (χ3v) is 2.32. The predicted molar refractivity (Wildman–Crippen MR) is 67.5 cm³/mol. The number of nitrogens with zero attached hydrogens (tertiary/aromatic N) is 1. The van der Waals surface area contributed by atoms with Gasteiger partial charge in [-0.1, -0.05) is 13.0 Å². The molecule has 0 spiro atoms. The molecule has 1 rings (SSSR count). The Morgan fingerprint density at radius 3 is 2.94 bits per heavy atom. The first-order chi connectivity index (χ1) is 8.15. The van der Waals surface area contributed by atoms with Gasteiger partial charge in [0.2, 0.25) is 5.91 Å². The molecule has 1 amide bonds. The van der Waals surface area contributed by atoms with Crippen molar-refractivity contribution >= 4 is 11.6 Å². The van der Waals surface area contributed by atoms with Crippen LogP contribution in [0, 0.1) is 11.3 Å². The zero-order valence-electron chi connectivity index (χ0n) is 10.2. The molecule has 2 N–H and O–H groups in total. The van der Waals surface area contributed by atoms with Gasteiger partial charge in [0.15, 0.2) is 0 Å². The number of nitrogens with one attached hydrogen (secondary N) is 2. The SMILES string of the molecule is CCNC(C)CC(=O)Nc1cccc(C#N)c1. The minimum Gasteiger partial charge on any atom is -0.326 e. The highest BCUT2D eigenvalue weighted by Crippen LogP contribution is 2.10. The standard InChI is InChI=1S/C13H17N3O/c1-3-15-10(2)7-13(17)16-12-6-4-5-11(8-12)9-14/h4-6,8,10,15H,3,7H2,1-2H3,(H,16,17). The van der Waals surface area contributed by atoms with Gasteiger partial charge in [0.05, 0.1) is 11.6 Å². The van der Waals surface area contributed by atoms with Crippen LogP contribution >= 0.6 is 0 Å². The fraction of sp³-hybridized carbons (Fsp3) is 0.385. The van der Waals surface area contributed by atoms with Gasteiger partial charge in [-0.05, 0) is 31.7 Å². The van der Waals surface area contributed by atoms with E-state index in [9.17, 15) is 4.79 Å². The van der Waals surface area contributed by atoms with Crippen LogP contribution in [-0.2, 0) is 4.79 Å². The molecule has 0 bridgehead atoms. The van der Waals surface area contributed by atoms with Gasteiger partial charge in [0.1, 0.15) is 0 Å². The molecule has 90 valence electrons. The van der Waals surface area contributed by atoms with Crippen LogP contribution in [0.1, 0.15) is 25.8 Å². The summed E-state index contributed by atoms with van der Waals surface area (Å²) in [7, 11) is 0. The van der Waals surface area contributed by atoms with Crippen molar-refractivity contribution in [2.75, 3.05) is 11.9 Å². The van der Waals surface area contributed by atoms with Crippen molar-refractivity contribution in [2.45, 2.75) is 26.3 Å². The van der Waals surface area contributed by atoms with Crippen LogP contribution in [0.15, 0.2) is 24.3 Å². The first kappa shape index (κ1) is 13.2. The number of hydrogen-bond acceptors (Lipinski definition) is 3. The lowest BCUT2D eigenvalue weighted by Gasteiger charge is -2.12. The van der Waals surface area contributed by atoms with Gasteiger partial charge in [-0.3, -0.25) is 4.79 Å². The number of rotatable bonds is 5. The number of hydrogen-bond donors (Lipinski definition) is 2. The highest BCUT2D eigenvalue weighted by molar-refractivity contribution is 5.91. The van der Waals surface area contributed by atoms with E-state index in [4.69, 9.17) is 5.26 Å². The summed E-state index contributed by atoms with van der Waals surface area (Å²) in [6.45, 7) is 4.82. The summed E-state index contributed by atoms with van der Waals surface area (Å²) >= 11 is 0. The molecule has 0 aliphatic rings. The fourth-order valence-electron chi connectivity index (χ4n) is 1.58. The molecule has 17 heavy (non-hydrogen) atoms. The number of carbonyl (C=O) groups excluding carboxylic acids is 1. The Labute approximate surface area is 102 Å². The fourth-order valence-corrected chi connectivity index (χ4v) is 1.58. The van der Waals surface area contributed by atoms with Gasteiger partial charge in [-0.2, -0.15) is 5.26 Å². The van der Waals surface area contributed by atoms with E-state index in [2.05, 4.69) is 10.6 Å². The lowest BCUT2D eigenvalue weighted by atomic mass is 10.2. The number of amides is 1. The van der Waals surface area contributed by atoms with Crippen LogP contribution in [0.5, 0.6) is 0 Å². The predicted octanol–water partition coefficient (Wildman–Crippen LogP) is 1.88. The van der Waals surface area contributed by atoms with E-state index in [1.165, 1.54) is 0 Å². The average molecular weight is 231 g/mol. The minimum atomic E-state index is -0.0476. The van der Waals surface area contributed by atoms with Gasteiger partial charge in [-0.25, -0.2) is 0 Å². The van der Waals surface area contributed by atoms with Gasteiger partial charge >= 0.3 is 0 Å². The topological polar surface area (TPSA) is 64.9 Å². The molecule has 1 unspecified atom stereocenters. The van der Waals surface area contributed by atoms with Crippen LogP contribution in [0.2, 0.25) is 0 Å². The zero-order chi connectivity index (χ0) is 12.7. The van der Waals surface area contributed by atoms with Gasteiger partial charge in [0.25, 0.3) is 0 Å². The molecule has 0 aliphatic heterocycles. The molecule has 0 fully saturated rings. The first-order valence-electron chi connectivity index (χ1n) is 5.69. The Hall–Kier alpha value is -1.86. The lowest BCUT2D eigenvalue weighted by Crippen LogP contribution is -2.30. The third kappa shape index (κ3) is 4.66. The smallest absolute Gasteiger partial charge is 0.225 e. The summed E-state index contributed by atoms with van der Waals surface area (Å²) in [5.41, 5.74) is 1.21. The lowest BCUT2D eigenvalue weighted by molar-refractivity contribution is -0.116. The number of benzene rings is 1. The number of anilines is 1. The molecule has 1 atom stereocenters. The van der Waals surface area contributed by atoms with E-state index in [0.29, 0.717) is 17.7 Å². The van der Waals surface area contributed by atoms with Crippen molar-refractivity contribution < 1.29 is 4.79 Å². The van der Waals surface area contributed by atoms with E-state index in [-0.39, 0.29) is 11.9 Å². The van der Waals surface area contributed by atoms with E-state index in [1.807, 2.05) is 19.9 Å². The summed E-state index contributed by atoms with van der Waals surface area (Å²) in [5, 5.41) is 14.7. The van der Waals surface area contributed by atoms with Crippen molar-refractivity contribution in [3.8, 4) is 6.07 Å². The van der Waals surface area contributed by atoms with Crippen LogP contribution in [-0.4, -0.2) is 18.5 Å². The Morgan fingerprint density at radius 2 is 2.29 bits per heavy atom. The average Bonchev–Trinajstić information content (AvgIpc) is 2.29. The van der Waals surface area contributed by atoms with Crippen LogP contribution in [0.25, 0.3) is 0 Å². The van der Waals surface area contributed by atoms with E-state index in [0.717, 1.165) is 6.54 Å². The summed E-state index contributed by atoms with van der Waals surface area (Å²) in [6.07, 6.45) is 0.421. The summed E-state index contributed by atoms with van der Waals surface area (Å²) < 4.78 is 0. The summed E-state index contributed by atoms with van der Waals surface area (Å²) in [4.78, 5) is 11.7. The highest BCUT2D eigenvalue weighted by Gasteiger charge is 2.08. The molecule has 1 aromatic rings. The van der Waals surface area contributed by atoms with Gasteiger partial charge in [-0.15, -0.1) is 0 Å². The summed E-state index contributed by atoms with van der Waals surface area (Å²) in [5.74, 6) is -0.0476. The molecule has 0 aromatic heterocycles. The second kappa shape index (κ2) is 6.66. The second-order valence-electron chi connectivity index (χ2n) is 3.90. The Kier molecular flexibility index (Phi) is 5.18. The van der Waals surface area contributed by atoms with E-state index < -0.39 is 0 Å². The molecule has 4 heteroatoms. The molecular weight excluding hydrogens is 214 g/mol. The third-order valence-electron chi connectivity index (χ3n) is 2.32. The maximum atomic E-state index is 11.7. The van der Waals surface area contributed by atoms with Gasteiger partial charge in [0, 0.05) is 18.2 Å². The monoisotopic (exact) mass is 231 g/mol. The molecule has 0 aliphatic carbocycles. The quantitative estimate of drug-likeness (QED) is 0.813. The molecule has 4 nitrogen and oxygen atoms in total. The van der Waals surface area contributed by atoms with Crippen LogP contribution < -0.4 is 10.6 Å². The summed E-state index contributed by atoms with van der Waals surface area (Å²) in [6, 6.07) is 9.08. The normalized spacial score (nSPS) is 11.6. The molecule has 0 radical (unpaired) electrons. The maximum Gasteiger partial charge on any atom is 0.225 e. The maximum absolute atomic E-state index is 11.7. The van der Waals surface area contributed by atoms with Crippen molar-refractivity contribution in [1.82, 2.24) is 5.32 Å². The molecule has 0 heterocycles. The Balaban J connectivity index is 2.53. The van der Waals surface area contributed by atoms with Crippen molar-refractivity contribution in [3.63, 3.8) is 0 Å². The highest BCUT2D eigenvalue weighted by atomic mass is 16.1. The van der Waals surface area contributed by atoms with E-state index >= 15 is 0 Å². The zero-order valence-corrected chi connectivity index (χ0v) is 10.2. The largest absolute Gasteiger partial charge is 0.326 e. The number of carbonyl (C=O) groups is 1. The van der Waals surface area contributed by atoms with Gasteiger partial charge < -0.3 is 10.6 Å². The van der Waals surface area contributed by atoms with Crippen molar-refractivity contribution in [2.24, 2.45) is 0 Å². The van der Waals surface area contributed by atoms with Crippen molar-refractivity contribution in [3.05, 3.63) is 29.8 Å². The molecule has 0 saturated carbocycles. The second-order valence-corrected chi connectivity index (χ2v) is 3.90. The van der Waals surface area contributed by atoms with Crippen LogP contribution in [0.3, 0.4) is 0 Å². The first-order valence-corrected chi connectivity index (χ1v) is 5.69. The Morgan fingerprint density at radius 1 is 1.53 bits per heavy atom. The van der Waals surface area contributed by atoms with Crippen LogP contribution in [0.4, 0.5) is 5.69 Å². The Bertz CT molecular complexity index is 423. The van der Waals surface area contributed by atoms with E-state index in [1.54, 1.807) is 24.3 Å².